The highest BCUT2D eigenvalue weighted by Gasteiger charge is 2.57. The molecule has 0 spiro atoms. The van der Waals surface area contributed by atoms with Crippen molar-refractivity contribution >= 4 is 34.2 Å². The number of rotatable bonds is 10. The molecule has 2 aliphatic rings. The van der Waals surface area contributed by atoms with E-state index in [0.29, 0.717) is 25.1 Å². The predicted octanol–water partition coefficient (Wildman–Crippen LogP) is 4.16. The quantitative estimate of drug-likeness (QED) is 0.295. The van der Waals surface area contributed by atoms with Gasteiger partial charge in [-0.05, 0) is 55.0 Å². The van der Waals surface area contributed by atoms with Gasteiger partial charge in [0.25, 0.3) is 0 Å². The molecule has 1 heterocycles. The van der Waals surface area contributed by atoms with E-state index in [0.717, 1.165) is 23.6 Å². The van der Waals surface area contributed by atoms with Crippen molar-refractivity contribution in [1.82, 2.24) is 4.90 Å². The number of amides is 2. The molecule has 1 aliphatic carbocycles. The molecule has 2 aromatic rings. The van der Waals surface area contributed by atoms with Crippen LogP contribution in [0.25, 0.3) is 10.8 Å². The molecule has 7 nitrogen and oxygen atoms in total. The summed E-state index contributed by atoms with van der Waals surface area (Å²) in [6.45, 7) is 4.44. The molecule has 7 heteroatoms. The topological polar surface area (TPSA) is 95.9 Å². The van der Waals surface area contributed by atoms with Gasteiger partial charge in [0.1, 0.15) is 6.04 Å². The summed E-state index contributed by atoms with van der Waals surface area (Å²) in [5.41, 5.74) is 0.662. The molecule has 0 saturated carbocycles. The van der Waals surface area contributed by atoms with Crippen LogP contribution >= 0.6 is 0 Å². The molecule has 0 bridgehead atoms. The third-order valence-corrected chi connectivity index (χ3v) is 7.39. The minimum Gasteiger partial charge on any atom is -0.466 e. The number of benzene rings is 2. The van der Waals surface area contributed by atoms with Gasteiger partial charge in [-0.3, -0.25) is 14.4 Å². The third-order valence-electron chi connectivity index (χ3n) is 7.39. The van der Waals surface area contributed by atoms with E-state index in [2.05, 4.69) is 12.2 Å². The fourth-order valence-corrected chi connectivity index (χ4v) is 5.78. The van der Waals surface area contributed by atoms with Crippen molar-refractivity contribution in [2.24, 2.45) is 23.7 Å². The average molecular weight is 493 g/mol. The molecule has 0 aromatic heterocycles. The summed E-state index contributed by atoms with van der Waals surface area (Å²) >= 11 is 0. The summed E-state index contributed by atoms with van der Waals surface area (Å²) in [4.78, 5) is 42.2. The summed E-state index contributed by atoms with van der Waals surface area (Å²) in [5, 5.41) is 14.4. The van der Waals surface area contributed by atoms with Crippen LogP contribution in [0.3, 0.4) is 0 Å². The second-order valence-corrected chi connectivity index (χ2v) is 9.68. The largest absolute Gasteiger partial charge is 0.466 e. The van der Waals surface area contributed by atoms with Gasteiger partial charge in [-0.25, -0.2) is 0 Å². The summed E-state index contributed by atoms with van der Waals surface area (Å²) in [6, 6.07) is 12.9. The van der Waals surface area contributed by atoms with Gasteiger partial charge in [0.05, 0.1) is 18.4 Å². The number of nitrogens with zero attached hydrogens (tertiary/aromatic N) is 1. The zero-order chi connectivity index (χ0) is 25.7. The van der Waals surface area contributed by atoms with Gasteiger partial charge in [-0.2, -0.15) is 0 Å². The lowest BCUT2D eigenvalue weighted by Crippen LogP contribution is -2.44. The number of hydrogen-bond donors (Lipinski definition) is 2. The SMILES string of the molecule is CCC[C@@H]1C=C[C@H]2[C@@H](C(=O)N(CCCCO)[C@@H]2C(=O)Nc2ccc3ccccc3c2)[C@@H]1C(=O)OCC. The standard InChI is InChI=1S/C29H36N2O5/c1-3-9-20-13-15-23-25(24(20)29(35)36-4-2)28(34)31(16-7-8-17-32)26(23)27(33)30-22-14-12-19-10-5-6-11-21(19)18-22/h5-6,10-15,18,20,23-26,32H,3-4,7-9,16-17H2,1-2H3,(H,30,33)/t20-,23+,24-,25-,26+/m1/s1. The van der Waals surface area contributed by atoms with Gasteiger partial charge >= 0.3 is 5.97 Å². The number of hydrogen-bond acceptors (Lipinski definition) is 5. The van der Waals surface area contributed by atoms with Crippen molar-refractivity contribution in [3.05, 3.63) is 54.6 Å². The van der Waals surface area contributed by atoms with Crippen LogP contribution in [0.2, 0.25) is 0 Å². The van der Waals surface area contributed by atoms with Crippen molar-refractivity contribution in [1.29, 1.82) is 0 Å². The van der Waals surface area contributed by atoms with Gasteiger partial charge in [-0.1, -0.05) is 55.8 Å². The smallest absolute Gasteiger partial charge is 0.310 e. The maximum Gasteiger partial charge on any atom is 0.310 e. The molecule has 2 amide bonds. The van der Waals surface area contributed by atoms with E-state index in [1.54, 1.807) is 11.8 Å². The minimum atomic E-state index is -0.733. The highest BCUT2D eigenvalue weighted by Crippen LogP contribution is 2.46. The van der Waals surface area contributed by atoms with Crippen LogP contribution in [0.4, 0.5) is 5.69 Å². The van der Waals surface area contributed by atoms with E-state index >= 15 is 0 Å². The molecule has 192 valence electrons. The molecule has 0 radical (unpaired) electrons. The first-order valence-corrected chi connectivity index (χ1v) is 13.1. The number of aliphatic hydroxyl groups is 1. The fourth-order valence-electron chi connectivity index (χ4n) is 5.78. The maximum absolute atomic E-state index is 13.8. The van der Waals surface area contributed by atoms with Crippen LogP contribution in [0.1, 0.15) is 39.5 Å². The lowest BCUT2D eigenvalue weighted by Gasteiger charge is -2.33. The van der Waals surface area contributed by atoms with Crippen LogP contribution in [0, 0.1) is 23.7 Å². The number of carbonyl (C=O) groups excluding carboxylic acids is 3. The number of carbonyl (C=O) groups is 3. The Bertz CT molecular complexity index is 1130. The zero-order valence-electron chi connectivity index (χ0n) is 21.1. The summed E-state index contributed by atoms with van der Waals surface area (Å²) < 4.78 is 5.40. The Labute approximate surface area is 212 Å². The van der Waals surface area contributed by atoms with Crippen LogP contribution in [0.15, 0.2) is 54.6 Å². The molecule has 5 atom stereocenters. The average Bonchev–Trinajstić information content (AvgIpc) is 3.16. The van der Waals surface area contributed by atoms with Crippen LogP contribution < -0.4 is 5.32 Å². The lowest BCUT2D eigenvalue weighted by atomic mass is 9.69. The van der Waals surface area contributed by atoms with Gasteiger partial charge in [0.2, 0.25) is 11.8 Å². The molecule has 36 heavy (non-hydrogen) atoms. The van der Waals surface area contributed by atoms with Crippen molar-refractivity contribution in [2.45, 2.75) is 45.6 Å². The molecule has 1 fully saturated rings. The van der Waals surface area contributed by atoms with Gasteiger partial charge in [-0.15, -0.1) is 0 Å². The minimum absolute atomic E-state index is 0.0206. The molecular formula is C29H36N2O5. The number of fused-ring (bicyclic) bond motifs is 2. The first-order chi connectivity index (χ1) is 17.5. The number of unbranched alkanes of at least 4 members (excludes halogenated alkanes) is 1. The first-order valence-electron chi connectivity index (χ1n) is 13.1. The highest BCUT2D eigenvalue weighted by molar-refractivity contribution is 6.02. The summed E-state index contributed by atoms with van der Waals surface area (Å²) in [5.74, 6) is -2.57. The van der Waals surface area contributed by atoms with Crippen LogP contribution in [-0.4, -0.2) is 53.6 Å². The van der Waals surface area contributed by atoms with E-state index in [-0.39, 0.29) is 36.9 Å². The van der Waals surface area contributed by atoms with E-state index < -0.39 is 23.8 Å². The normalized spacial score (nSPS) is 25.1. The molecule has 2 aromatic carbocycles. The third kappa shape index (κ3) is 5.16. The Morgan fingerprint density at radius 2 is 1.83 bits per heavy atom. The fraction of sp³-hybridized carbons (Fsp3) is 0.483. The molecule has 1 saturated heterocycles. The zero-order valence-corrected chi connectivity index (χ0v) is 21.1. The molecule has 4 rings (SSSR count). The number of esters is 1. The van der Waals surface area contributed by atoms with Crippen molar-refractivity contribution in [3.8, 4) is 0 Å². The van der Waals surface area contributed by atoms with Crippen molar-refractivity contribution in [3.63, 3.8) is 0 Å². The number of anilines is 1. The first kappa shape index (κ1) is 25.9. The van der Waals surface area contributed by atoms with Crippen molar-refractivity contribution < 1.29 is 24.2 Å². The van der Waals surface area contributed by atoms with Gasteiger partial charge < -0.3 is 20.1 Å². The predicted molar refractivity (Wildman–Crippen MR) is 139 cm³/mol. The summed E-state index contributed by atoms with van der Waals surface area (Å²) in [6.07, 6.45) is 6.74. The lowest BCUT2D eigenvalue weighted by molar-refractivity contribution is -0.155. The number of allylic oxidation sites excluding steroid dienone is 1. The molecule has 1 aliphatic heterocycles. The molecule has 2 N–H and O–H groups in total. The Hall–Kier alpha value is -3.19. The highest BCUT2D eigenvalue weighted by atomic mass is 16.5. The summed E-state index contributed by atoms with van der Waals surface area (Å²) in [7, 11) is 0. The number of ether oxygens (including phenoxy) is 1. The molecule has 0 unspecified atom stereocenters. The number of aliphatic hydroxyl groups excluding tert-OH is 1. The van der Waals surface area contributed by atoms with Gasteiger partial charge in [0.15, 0.2) is 0 Å². The van der Waals surface area contributed by atoms with E-state index in [4.69, 9.17) is 4.74 Å². The van der Waals surface area contributed by atoms with E-state index in [9.17, 15) is 19.5 Å². The van der Waals surface area contributed by atoms with Crippen LogP contribution in [0.5, 0.6) is 0 Å². The number of nitrogens with one attached hydrogen (secondary N) is 1. The van der Waals surface area contributed by atoms with Gasteiger partial charge in [0, 0.05) is 24.8 Å². The van der Waals surface area contributed by atoms with E-state index in [1.807, 2.05) is 54.6 Å². The van der Waals surface area contributed by atoms with Crippen molar-refractivity contribution in [2.75, 3.05) is 25.1 Å². The Kier molecular flexibility index (Phi) is 8.41. The Morgan fingerprint density at radius 3 is 2.56 bits per heavy atom. The second kappa shape index (κ2) is 11.7. The van der Waals surface area contributed by atoms with E-state index in [1.165, 1.54) is 0 Å². The maximum atomic E-state index is 13.8. The van der Waals surface area contributed by atoms with Crippen LogP contribution in [-0.2, 0) is 19.1 Å². The second-order valence-electron chi connectivity index (χ2n) is 9.68. The monoisotopic (exact) mass is 492 g/mol. The molecular weight excluding hydrogens is 456 g/mol. The number of likely N-dealkylation sites (tertiary alicyclic amines) is 1. The Morgan fingerprint density at radius 1 is 1.06 bits per heavy atom. The Balaban J connectivity index is 1.66.